The highest BCUT2D eigenvalue weighted by atomic mass is 35.5. The molecule has 1 amide bonds. The first-order valence-corrected chi connectivity index (χ1v) is 14.0. The number of alkyl halides is 3. The number of rotatable bonds is 6. The van der Waals surface area contributed by atoms with Gasteiger partial charge in [0.2, 0.25) is 11.7 Å². The maximum Gasteiger partial charge on any atom is 0.416 e. The van der Waals surface area contributed by atoms with Crippen molar-refractivity contribution in [2.24, 2.45) is 0 Å². The highest BCUT2D eigenvalue weighted by Gasteiger charge is 2.41. The van der Waals surface area contributed by atoms with Crippen LogP contribution in [-0.4, -0.2) is 63.5 Å². The van der Waals surface area contributed by atoms with E-state index in [0.717, 1.165) is 43.2 Å². The molecule has 2 N–H and O–H groups in total. The van der Waals surface area contributed by atoms with E-state index in [2.05, 4.69) is 25.6 Å². The topological polar surface area (TPSA) is 106 Å². The van der Waals surface area contributed by atoms with Crippen LogP contribution in [0, 0.1) is 0 Å². The van der Waals surface area contributed by atoms with Crippen molar-refractivity contribution in [3.63, 3.8) is 0 Å². The summed E-state index contributed by atoms with van der Waals surface area (Å²) in [7, 11) is 0. The fraction of sp³-hybridized carbons (Fsp3) is 0.481. The fourth-order valence-electron chi connectivity index (χ4n) is 5.80. The monoisotopic (exact) mass is 591 g/mol. The molecule has 41 heavy (non-hydrogen) atoms. The van der Waals surface area contributed by atoms with Crippen molar-refractivity contribution in [2.75, 3.05) is 36.5 Å². The van der Waals surface area contributed by atoms with Crippen LogP contribution in [0.25, 0.3) is 11.4 Å². The number of ether oxygens (including phenoxy) is 1. The first kappa shape index (κ1) is 27.7. The molecule has 3 aromatic rings. The smallest absolute Gasteiger partial charge is 0.377 e. The van der Waals surface area contributed by atoms with E-state index in [9.17, 15) is 22.8 Å². The van der Waals surface area contributed by atoms with Gasteiger partial charge in [-0.1, -0.05) is 24.6 Å². The molecule has 2 fully saturated rings. The van der Waals surface area contributed by atoms with E-state index >= 15 is 0 Å². The van der Waals surface area contributed by atoms with E-state index in [1.807, 2.05) is 13.0 Å². The predicted octanol–water partition coefficient (Wildman–Crippen LogP) is 3.51. The Morgan fingerprint density at radius 2 is 2.12 bits per heavy atom. The quantitative estimate of drug-likeness (QED) is 0.452. The molecule has 2 aromatic heterocycles. The molecular weight excluding hydrogens is 563 g/mol. The second-order valence-corrected chi connectivity index (χ2v) is 10.8. The molecule has 218 valence electrons. The SMILES string of the molecule is CCc1c(N2CCN[C@@H]3CC[C@H]32)c(=O)n2nc(C3=CCOCC3)nc2n1CC(=O)Nc1ccc(C(F)(F)F)cc1Cl. The Morgan fingerprint density at radius 3 is 2.78 bits per heavy atom. The van der Waals surface area contributed by atoms with Gasteiger partial charge < -0.3 is 24.8 Å². The molecule has 4 heterocycles. The number of carbonyl (C=O) groups excluding carboxylic acids is 1. The number of hydrogen-bond donors (Lipinski definition) is 2. The molecule has 1 saturated heterocycles. The average molecular weight is 592 g/mol. The van der Waals surface area contributed by atoms with Crippen molar-refractivity contribution >= 4 is 40.2 Å². The van der Waals surface area contributed by atoms with Crippen LogP contribution in [-0.2, 0) is 28.7 Å². The Balaban J connectivity index is 1.42. The molecule has 6 rings (SSSR count). The van der Waals surface area contributed by atoms with Gasteiger partial charge in [0.05, 0.1) is 35.2 Å². The van der Waals surface area contributed by atoms with Crippen LogP contribution in [0.4, 0.5) is 24.5 Å². The van der Waals surface area contributed by atoms with Gasteiger partial charge in [-0.15, -0.1) is 5.10 Å². The number of amides is 1. The molecule has 1 aliphatic carbocycles. The van der Waals surface area contributed by atoms with E-state index in [0.29, 0.717) is 55.8 Å². The first-order valence-electron chi connectivity index (χ1n) is 13.6. The van der Waals surface area contributed by atoms with Gasteiger partial charge in [0.1, 0.15) is 12.2 Å². The van der Waals surface area contributed by atoms with E-state index < -0.39 is 17.6 Å². The molecule has 3 aliphatic rings. The molecule has 1 saturated carbocycles. The minimum absolute atomic E-state index is 0.0499. The number of piperazine rings is 1. The van der Waals surface area contributed by atoms with E-state index in [1.165, 1.54) is 4.52 Å². The molecule has 10 nitrogen and oxygen atoms in total. The van der Waals surface area contributed by atoms with Crippen LogP contribution in [0.3, 0.4) is 0 Å². The number of hydrogen-bond acceptors (Lipinski definition) is 7. The molecule has 14 heteroatoms. The van der Waals surface area contributed by atoms with Gasteiger partial charge in [-0.25, -0.2) is 0 Å². The van der Waals surface area contributed by atoms with E-state index in [1.54, 1.807) is 4.57 Å². The third kappa shape index (κ3) is 5.10. The molecule has 0 spiro atoms. The van der Waals surface area contributed by atoms with Gasteiger partial charge in [0.15, 0.2) is 5.82 Å². The number of nitrogens with zero attached hydrogens (tertiary/aromatic N) is 5. The van der Waals surface area contributed by atoms with Gasteiger partial charge in [-0.3, -0.25) is 9.59 Å². The van der Waals surface area contributed by atoms with Crippen molar-refractivity contribution in [1.29, 1.82) is 0 Å². The largest absolute Gasteiger partial charge is 0.416 e. The fourth-order valence-corrected chi connectivity index (χ4v) is 6.03. The summed E-state index contributed by atoms with van der Waals surface area (Å²) in [5.41, 5.74) is 0.835. The molecule has 2 atom stereocenters. The zero-order valence-corrected chi connectivity index (χ0v) is 23.1. The van der Waals surface area contributed by atoms with Crippen molar-refractivity contribution < 1.29 is 22.7 Å². The maximum atomic E-state index is 14.0. The summed E-state index contributed by atoms with van der Waals surface area (Å²) in [6, 6.07) is 3.21. The summed E-state index contributed by atoms with van der Waals surface area (Å²) >= 11 is 6.09. The van der Waals surface area contributed by atoms with Crippen LogP contribution < -0.4 is 21.1 Å². The minimum Gasteiger partial charge on any atom is -0.377 e. The molecule has 1 aromatic carbocycles. The van der Waals surface area contributed by atoms with Crippen LogP contribution in [0.15, 0.2) is 29.1 Å². The standard InChI is InChI=1S/C27H29ClF3N7O3/c1-2-20-23(36-10-9-32-19-5-6-21(19)36)25(40)38-26(34-24(35-38)15-7-11-41-12-8-15)37(20)14-22(39)33-18-4-3-16(13-17(18)28)27(29,30)31/h3-4,7,13,19,21,32H,2,5-6,8-12,14H2,1H3,(H,33,39)/t19-,21-/m1/s1. The van der Waals surface area contributed by atoms with Gasteiger partial charge in [0, 0.05) is 25.2 Å². The lowest BCUT2D eigenvalue weighted by Crippen LogP contribution is -2.64. The van der Waals surface area contributed by atoms with E-state index in [4.69, 9.17) is 16.3 Å². The number of fused-ring (bicyclic) bond motifs is 2. The minimum atomic E-state index is -4.56. The lowest BCUT2D eigenvalue weighted by molar-refractivity contribution is -0.137. The molecule has 0 unspecified atom stereocenters. The summed E-state index contributed by atoms with van der Waals surface area (Å²) < 4.78 is 47.6. The normalized spacial score (nSPS) is 20.9. The zero-order chi connectivity index (χ0) is 28.9. The van der Waals surface area contributed by atoms with Gasteiger partial charge in [-0.2, -0.15) is 22.7 Å². The number of halogens is 4. The maximum absolute atomic E-state index is 14.0. The summed E-state index contributed by atoms with van der Waals surface area (Å²) in [5, 5.41) is 10.5. The molecule has 2 aliphatic heterocycles. The number of carbonyl (C=O) groups is 1. The Labute approximate surface area is 238 Å². The van der Waals surface area contributed by atoms with Crippen LogP contribution in [0.1, 0.15) is 43.3 Å². The Bertz CT molecular complexity index is 1600. The molecule has 0 bridgehead atoms. The summed E-state index contributed by atoms with van der Waals surface area (Å²) in [6.45, 7) is 3.95. The zero-order valence-electron chi connectivity index (χ0n) is 22.3. The second kappa shape index (κ2) is 10.8. The predicted molar refractivity (Wildman–Crippen MR) is 147 cm³/mol. The Hall–Kier alpha value is -3.42. The average Bonchev–Trinajstić information content (AvgIpc) is 3.38. The summed E-state index contributed by atoms with van der Waals surface area (Å²) in [6.07, 6.45) is 0.320. The summed E-state index contributed by atoms with van der Waals surface area (Å²) in [5.74, 6) is 0.0767. The highest BCUT2D eigenvalue weighted by molar-refractivity contribution is 6.33. The van der Waals surface area contributed by atoms with Crippen LogP contribution in [0.5, 0.6) is 0 Å². The van der Waals surface area contributed by atoms with Gasteiger partial charge in [0.25, 0.3) is 5.56 Å². The van der Waals surface area contributed by atoms with Crippen LogP contribution in [0.2, 0.25) is 5.02 Å². The summed E-state index contributed by atoms with van der Waals surface area (Å²) in [4.78, 5) is 34.1. The number of nitrogens with one attached hydrogen (secondary N) is 2. The first-order chi connectivity index (χ1) is 19.7. The molecular formula is C27H29ClF3N7O3. The van der Waals surface area contributed by atoms with Crippen molar-refractivity contribution in [2.45, 2.75) is 57.4 Å². The lowest BCUT2D eigenvalue weighted by atomic mass is 9.83. The van der Waals surface area contributed by atoms with Crippen molar-refractivity contribution in [3.05, 3.63) is 56.7 Å². The third-order valence-electron chi connectivity index (χ3n) is 7.97. The van der Waals surface area contributed by atoms with Crippen LogP contribution >= 0.6 is 11.6 Å². The number of benzene rings is 1. The Morgan fingerprint density at radius 1 is 1.29 bits per heavy atom. The lowest BCUT2D eigenvalue weighted by Gasteiger charge is -2.50. The van der Waals surface area contributed by atoms with Gasteiger partial charge in [-0.05, 0) is 49.5 Å². The highest BCUT2D eigenvalue weighted by Crippen LogP contribution is 2.35. The number of aromatic nitrogens is 4. The molecule has 0 radical (unpaired) electrons. The van der Waals surface area contributed by atoms with Crippen molar-refractivity contribution in [3.8, 4) is 0 Å². The number of anilines is 2. The second-order valence-electron chi connectivity index (χ2n) is 10.4. The van der Waals surface area contributed by atoms with E-state index in [-0.39, 0.29) is 34.6 Å². The Kier molecular flexibility index (Phi) is 7.28. The third-order valence-corrected chi connectivity index (χ3v) is 8.28. The van der Waals surface area contributed by atoms with Gasteiger partial charge >= 0.3 is 6.18 Å². The van der Waals surface area contributed by atoms with Crippen molar-refractivity contribution in [1.82, 2.24) is 24.5 Å².